The first kappa shape index (κ1) is 13.8. The van der Waals surface area contributed by atoms with E-state index in [2.05, 4.69) is 21.9 Å². The van der Waals surface area contributed by atoms with Gasteiger partial charge in [0.15, 0.2) is 5.96 Å². The van der Waals surface area contributed by atoms with Gasteiger partial charge in [-0.05, 0) is 19.8 Å². The lowest BCUT2D eigenvalue weighted by atomic mass is 9.96. The summed E-state index contributed by atoms with van der Waals surface area (Å²) in [5.41, 5.74) is 5.28. The molecule has 0 bridgehead atoms. The summed E-state index contributed by atoms with van der Waals surface area (Å²) in [6, 6.07) is 0. The van der Waals surface area contributed by atoms with Crippen LogP contribution in [-0.4, -0.2) is 60.2 Å². The highest BCUT2D eigenvalue weighted by Gasteiger charge is 2.34. The number of carbonyl (C=O) groups excluding carboxylic acids is 1. The maximum absolute atomic E-state index is 11.8. The van der Waals surface area contributed by atoms with Crippen molar-refractivity contribution in [3.8, 4) is 0 Å². The number of hydrogen-bond acceptors (Lipinski definition) is 4. The number of nitrogens with zero attached hydrogens (tertiary/aromatic N) is 4. The molecule has 0 aromatic carbocycles. The van der Waals surface area contributed by atoms with Crippen molar-refractivity contribution in [2.45, 2.75) is 38.1 Å². The second-order valence-corrected chi connectivity index (χ2v) is 5.71. The maximum Gasteiger partial charge on any atom is 0.231 e. The predicted octanol–water partition coefficient (Wildman–Crippen LogP) is 0.436. The minimum absolute atomic E-state index is 0.00667. The van der Waals surface area contributed by atoms with Gasteiger partial charge in [0.05, 0.1) is 24.3 Å². The van der Waals surface area contributed by atoms with E-state index in [9.17, 15) is 4.79 Å². The van der Waals surface area contributed by atoms with Crippen LogP contribution in [0, 0.1) is 0 Å². The summed E-state index contributed by atoms with van der Waals surface area (Å²) in [6.07, 6.45) is 3.79. The molecule has 6 nitrogen and oxygen atoms in total. The Balaban J connectivity index is 2.09. The molecule has 6 heteroatoms. The van der Waals surface area contributed by atoms with Crippen molar-refractivity contribution in [2.75, 3.05) is 27.2 Å². The number of rotatable bonds is 2. The van der Waals surface area contributed by atoms with Crippen LogP contribution in [0.25, 0.3) is 0 Å². The first-order chi connectivity index (χ1) is 8.91. The summed E-state index contributed by atoms with van der Waals surface area (Å²) in [4.78, 5) is 24.5. The van der Waals surface area contributed by atoms with E-state index >= 15 is 0 Å². The van der Waals surface area contributed by atoms with Crippen LogP contribution < -0.4 is 5.73 Å². The Bertz CT molecular complexity index is 431. The van der Waals surface area contributed by atoms with Crippen LogP contribution in [0.3, 0.4) is 0 Å². The fourth-order valence-corrected chi connectivity index (χ4v) is 2.47. The van der Waals surface area contributed by atoms with Gasteiger partial charge in [-0.25, -0.2) is 4.99 Å². The van der Waals surface area contributed by atoms with Crippen LogP contribution in [0.5, 0.6) is 0 Å². The Hall–Kier alpha value is -1.59. The van der Waals surface area contributed by atoms with E-state index in [-0.39, 0.29) is 11.9 Å². The number of guanidine groups is 1. The number of piperidine rings is 1. The third kappa shape index (κ3) is 3.05. The number of amidine groups is 1. The second kappa shape index (κ2) is 5.19. The molecule has 0 aromatic rings. The number of aliphatic imine (C=N–C) groups is 2. The van der Waals surface area contributed by atoms with Crippen molar-refractivity contribution in [3.63, 3.8) is 0 Å². The van der Waals surface area contributed by atoms with Crippen molar-refractivity contribution in [1.82, 2.24) is 9.80 Å². The van der Waals surface area contributed by atoms with Crippen molar-refractivity contribution in [3.05, 3.63) is 0 Å². The number of nitrogens with two attached hydrogens (primary N) is 1. The van der Waals surface area contributed by atoms with E-state index in [4.69, 9.17) is 5.73 Å². The highest BCUT2D eigenvalue weighted by Crippen LogP contribution is 2.22. The van der Waals surface area contributed by atoms with Crippen LogP contribution in [0.15, 0.2) is 9.98 Å². The van der Waals surface area contributed by atoms with Gasteiger partial charge in [0.2, 0.25) is 5.91 Å². The molecule has 0 unspecified atom stereocenters. The average molecular weight is 265 g/mol. The smallest absolute Gasteiger partial charge is 0.231 e. The Morgan fingerprint density at radius 3 is 2.79 bits per heavy atom. The molecule has 1 fully saturated rings. The number of likely N-dealkylation sites (tertiary alicyclic amines) is 1. The molecule has 0 aliphatic carbocycles. The minimum atomic E-state index is -0.501. The van der Waals surface area contributed by atoms with Crippen molar-refractivity contribution in [1.29, 1.82) is 0 Å². The third-order valence-electron chi connectivity index (χ3n) is 3.82. The topological polar surface area (TPSA) is 74.3 Å². The molecule has 2 heterocycles. The van der Waals surface area contributed by atoms with E-state index in [0.717, 1.165) is 18.8 Å². The highest BCUT2D eigenvalue weighted by atomic mass is 16.2. The molecule has 2 aliphatic heterocycles. The highest BCUT2D eigenvalue weighted by molar-refractivity contribution is 5.98. The molecular weight excluding hydrogens is 242 g/mol. The zero-order valence-electron chi connectivity index (χ0n) is 12.0. The molecule has 2 rings (SSSR count). The zero-order chi connectivity index (χ0) is 14.0. The number of amides is 1. The van der Waals surface area contributed by atoms with Gasteiger partial charge in [0.1, 0.15) is 0 Å². The molecule has 0 radical (unpaired) electrons. The van der Waals surface area contributed by atoms with Crippen molar-refractivity contribution < 1.29 is 4.79 Å². The third-order valence-corrected chi connectivity index (χ3v) is 3.82. The van der Waals surface area contributed by atoms with Gasteiger partial charge in [-0.2, -0.15) is 0 Å². The summed E-state index contributed by atoms with van der Waals surface area (Å²) in [7, 11) is 3.72. The maximum atomic E-state index is 11.8. The fraction of sp³-hybridized carbons (Fsp3) is 0.769. The van der Waals surface area contributed by atoms with Gasteiger partial charge in [-0.3, -0.25) is 14.7 Å². The SMILES string of the molecule is CN1CCCCC1=NC[C@]1(C)CC(=O)N(C)C(N)=N1. The molecule has 1 saturated heterocycles. The lowest BCUT2D eigenvalue weighted by molar-refractivity contribution is -0.128. The van der Waals surface area contributed by atoms with Gasteiger partial charge in [0, 0.05) is 27.1 Å². The molecule has 0 aromatic heterocycles. The molecule has 106 valence electrons. The van der Waals surface area contributed by atoms with E-state index in [1.165, 1.54) is 17.7 Å². The first-order valence-electron chi connectivity index (χ1n) is 6.78. The van der Waals surface area contributed by atoms with Gasteiger partial charge < -0.3 is 10.6 Å². The zero-order valence-corrected chi connectivity index (χ0v) is 12.0. The lowest BCUT2D eigenvalue weighted by Crippen LogP contribution is -2.50. The van der Waals surface area contributed by atoms with Gasteiger partial charge in [0.25, 0.3) is 0 Å². The number of hydrogen-bond donors (Lipinski definition) is 1. The largest absolute Gasteiger partial charge is 0.369 e. The summed E-state index contributed by atoms with van der Waals surface area (Å²) in [5.74, 6) is 1.41. The number of carbonyl (C=O) groups is 1. The fourth-order valence-electron chi connectivity index (χ4n) is 2.47. The van der Waals surface area contributed by atoms with Crippen LogP contribution in [0.4, 0.5) is 0 Å². The van der Waals surface area contributed by atoms with E-state index in [0.29, 0.717) is 13.0 Å². The monoisotopic (exact) mass is 265 g/mol. The van der Waals surface area contributed by atoms with Crippen molar-refractivity contribution in [2.24, 2.45) is 15.7 Å². The van der Waals surface area contributed by atoms with Crippen LogP contribution >= 0.6 is 0 Å². The van der Waals surface area contributed by atoms with Crippen LogP contribution in [-0.2, 0) is 4.79 Å². The van der Waals surface area contributed by atoms with E-state index < -0.39 is 5.54 Å². The molecule has 2 N–H and O–H groups in total. The summed E-state index contributed by atoms with van der Waals surface area (Å²) in [6.45, 7) is 3.52. The molecule has 0 spiro atoms. The normalized spacial score (nSPS) is 30.8. The molecule has 19 heavy (non-hydrogen) atoms. The lowest BCUT2D eigenvalue weighted by Gasteiger charge is -2.33. The Kier molecular flexibility index (Phi) is 3.78. The van der Waals surface area contributed by atoms with Gasteiger partial charge >= 0.3 is 0 Å². The standard InChI is InChI=1S/C13H23N5O/c1-13(8-11(19)18(3)12(14)16-13)9-15-10-6-4-5-7-17(10)2/h4-9H2,1-3H3,(H2,14,16)/t13-/m0/s1. The molecule has 1 amide bonds. The van der Waals surface area contributed by atoms with Crippen LogP contribution in [0.2, 0.25) is 0 Å². The molecule has 2 aliphatic rings. The van der Waals surface area contributed by atoms with E-state index in [1.54, 1.807) is 7.05 Å². The minimum Gasteiger partial charge on any atom is -0.369 e. The summed E-state index contributed by atoms with van der Waals surface area (Å²) in [5, 5.41) is 0. The van der Waals surface area contributed by atoms with Crippen LogP contribution in [0.1, 0.15) is 32.6 Å². The first-order valence-corrected chi connectivity index (χ1v) is 6.78. The van der Waals surface area contributed by atoms with Crippen molar-refractivity contribution >= 4 is 17.7 Å². The van der Waals surface area contributed by atoms with E-state index in [1.807, 2.05) is 6.92 Å². The quantitative estimate of drug-likeness (QED) is 0.787. The van der Waals surface area contributed by atoms with Gasteiger partial charge in [-0.1, -0.05) is 0 Å². The second-order valence-electron chi connectivity index (χ2n) is 5.71. The Morgan fingerprint density at radius 1 is 1.42 bits per heavy atom. The Morgan fingerprint density at radius 2 is 2.16 bits per heavy atom. The predicted molar refractivity (Wildman–Crippen MR) is 76.2 cm³/mol. The Labute approximate surface area is 114 Å². The average Bonchev–Trinajstić information content (AvgIpc) is 2.35. The molecule has 1 atom stereocenters. The van der Waals surface area contributed by atoms with Gasteiger partial charge in [-0.15, -0.1) is 0 Å². The summed E-state index contributed by atoms with van der Waals surface area (Å²) >= 11 is 0. The summed E-state index contributed by atoms with van der Waals surface area (Å²) < 4.78 is 0. The molecule has 0 saturated carbocycles. The molecular formula is C13H23N5O.